The Labute approximate surface area is 554 Å². The summed E-state index contributed by atoms with van der Waals surface area (Å²) in [7, 11) is 0. The Balaban J connectivity index is -0.000000238. The van der Waals surface area contributed by atoms with Crippen molar-refractivity contribution in [2.24, 2.45) is 23.7 Å². The van der Waals surface area contributed by atoms with Gasteiger partial charge in [0.15, 0.2) is 0 Å². The fourth-order valence-corrected chi connectivity index (χ4v) is 13.8. The molecule has 504 valence electrons. The van der Waals surface area contributed by atoms with Gasteiger partial charge in [0.2, 0.25) is 0 Å². The van der Waals surface area contributed by atoms with Crippen molar-refractivity contribution in [1.82, 2.24) is 20.4 Å². The quantitative estimate of drug-likeness (QED) is 0.193. The topological polar surface area (TPSA) is 124 Å². The summed E-state index contributed by atoms with van der Waals surface area (Å²) < 4.78 is 11.1. The highest BCUT2D eigenvalue weighted by Crippen LogP contribution is 2.41. The van der Waals surface area contributed by atoms with Crippen LogP contribution >= 0.6 is 0 Å². The van der Waals surface area contributed by atoms with Gasteiger partial charge in [0.1, 0.15) is 13.2 Å². The lowest BCUT2D eigenvalue weighted by Crippen LogP contribution is -2.43. The first kappa shape index (κ1) is 96.2. The minimum Gasteiger partial charge on any atom is -0.445 e. The van der Waals surface area contributed by atoms with Gasteiger partial charge in [-0.05, 0) is 125 Å². The molecule has 2 amide bonds. The first-order chi connectivity index (χ1) is 41.4. The number of carbonyl (C=O) groups excluding carboxylic acids is 2. The van der Waals surface area contributed by atoms with Gasteiger partial charge in [-0.3, -0.25) is 4.90 Å². The van der Waals surface area contributed by atoms with Crippen LogP contribution in [0, 0.1) is 23.7 Å². The molecule has 2 aromatic carbocycles. The van der Waals surface area contributed by atoms with Crippen molar-refractivity contribution in [3.05, 3.63) is 71.8 Å². The summed E-state index contributed by atoms with van der Waals surface area (Å²) in [6, 6.07) is 23.5. The van der Waals surface area contributed by atoms with E-state index in [9.17, 15) is 14.7 Å². The number of hydrogen-bond acceptors (Lipinski definition) is 8. The van der Waals surface area contributed by atoms with Gasteiger partial charge in [-0.25, -0.2) is 9.59 Å². The maximum Gasteiger partial charge on any atom is 0.410 e. The van der Waals surface area contributed by atoms with Crippen molar-refractivity contribution in [3.8, 4) is 0 Å². The van der Waals surface area contributed by atoms with Crippen LogP contribution in [0.25, 0.3) is 0 Å². The molecular formula is C74H140B4N4O6. The molecule has 4 saturated carbocycles. The molecular weight excluding hydrogens is 1080 g/mol. The Kier molecular flexibility index (Phi) is 70.2. The highest BCUT2D eigenvalue weighted by Gasteiger charge is 2.45. The number of benzene rings is 2. The number of ether oxygens (including phenoxy) is 2. The monoisotopic (exact) mass is 1230 g/mol. The van der Waals surface area contributed by atoms with Crippen molar-refractivity contribution >= 4 is 45.8 Å². The smallest absolute Gasteiger partial charge is 0.410 e. The molecule has 10 nitrogen and oxygen atoms in total. The van der Waals surface area contributed by atoms with Crippen molar-refractivity contribution in [2.75, 3.05) is 13.2 Å². The molecule has 10 rings (SSSR count). The molecule has 4 saturated heterocycles. The van der Waals surface area contributed by atoms with Crippen molar-refractivity contribution in [1.29, 1.82) is 0 Å². The Bertz CT molecular complexity index is 1610. The second-order valence-corrected chi connectivity index (χ2v) is 22.0. The lowest BCUT2D eigenvalue weighted by atomic mass is 9.94. The maximum atomic E-state index is 12.7. The normalized spacial score (nSPS) is 26.1. The molecule has 0 spiro atoms. The molecule has 12 radical (unpaired) electrons. The summed E-state index contributed by atoms with van der Waals surface area (Å²) in [6.07, 6.45) is 33.2. The third-order valence-electron chi connectivity index (χ3n) is 17.5. The van der Waals surface area contributed by atoms with Gasteiger partial charge in [0.05, 0.1) is 19.3 Å². The molecule has 4 aliphatic heterocycles. The van der Waals surface area contributed by atoms with Crippen LogP contribution < -0.4 is 10.6 Å². The number of carbonyl (C=O) groups is 2. The van der Waals surface area contributed by atoms with Crippen LogP contribution in [-0.2, 0) is 22.7 Å². The molecule has 0 bridgehead atoms. The third kappa shape index (κ3) is 34.7. The number of nitrogens with one attached hydrogen (secondary N) is 2. The lowest BCUT2D eigenvalue weighted by Gasteiger charge is -2.30. The number of likely N-dealkylation sites (tertiary alicyclic amines) is 2. The average Bonchev–Trinajstić information content (AvgIpc) is 2.52. The molecule has 12 atom stereocenters. The van der Waals surface area contributed by atoms with Gasteiger partial charge < -0.3 is 35.2 Å². The predicted molar refractivity (Wildman–Crippen MR) is 387 cm³/mol. The fourth-order valence-electron chi connectivity index (χ4n) is 13.8. The molecule has 88 heavy (non-hydrogen) atoms. The molecule has 0 aromatic heterocycles. The summed E-state index contributed by atoms with van der Waals surface area (Å²) in [4.78, 5) is 29.1. The fraction of sp³-hybridized carbons (Fsp3) is 0.811. The zero-order valence-corrected chi connectivity index (χ0v) is 60.6. The predicted octanol–water partition coefficient (Wildman–Crippen LogP) is 18.8. The number of nitrogens with zero attached hydrogens (tertiary/aromatic N) is 2. The van der Waals surface area contributed by atoms with Crippen molar-refractivity contribution in [3.63, 3.8) is 0 Å². The number of aliphatic hydroxyl groups excluding tert-OH is 2. The minimum atomic E-state index is -0.266. The van der Waals surface area contributed by atoms with Gasteiger partial charge in [0.25, 0.3) is 0 Å². The molecule has 4 unspecified atom stereocenters. The van der Waals surface area contributed by atoms with E-state index in [0.29, 0.717) is 49.8 Å². The van der Waals surface area contributed by atoms with Crippen LogP contribution in [-0.4, -0.2) is 127 Å². The van der Waals surface area contributed by atoms with E-state index >= 15 is 0 Å². The Morgan fingerprint density at radius 1 is 0.398 bits per heavy atom. The summed E-state index contributed by atoms with van der Waals surface area (Å²) in [5.74, 6) is 3.11. The zero-order chi connectivity index (χ0) is 63.5. The van der Waals surface area contributed by atoms with Gasteiger partial charge in [-0.15, -0.1) is 0 Å². The standard InChI is InChI=1S/C19H27NO2.C18H25NO3.C11H21N.C10H19NO.8C2H6.4B/c1-2-17-13-16-11-7-4-8-12-18(16)20(17)19(21)22-14-15-9-5-3-6-10-15;20-12-16-11-15-9-5-2-6-10-17(15)19(16)18(21)22-13-14-7-3-1-4-8-14;1-2-10-8-9-6-4-3-5-7-11(9)12-10;12-7-9-6-8-4-2-1-3-5-10(8)11-9;8*1-2;;;;/h3,5-6,9-10,16-18H,2,4,7-8,11-14H2,1H3;1,3-4,7-8,15-17,20H,2,5-6,9-13H2;9-12H,2-8H2,1H3;8-12H,1-7H2;8*1-2H3;;;;/t16-,17?,18+;15-,16?,17+;9-,10?,11+;8-,9?,10+;;;;;;;;;;;;/m0000............/s1. The Morgan fingerprint density at radius 2 is 0.716 bits per heavy atom. The summed E-state index contributed by atoms with van der Waals surface area (Å²) in [5, 5.41) is 26.0. The number of fused-ring (bicyclic) bond motifs is 4. The SMILES string of the molecule is CC.CC.CC.CC.CC.CC.CC.CC.CCC1C[C@@H]2CCCCC[C@H]2N1.CCC1C[C@@H]2CCCCC[C@H]2N1C(=O)OCc1ccccc1.O=C(OCc1ccccc1)N1C(CO)C[C@@H]2CCCCC[C@H]21.OCC1C[C@@H]2CCCCC[C@H]2N1.[B].[B].[B].[B]. The number of amides is 2. The third-order valence-corrected chi connectivity index (χ3v) is 17.5. The summed E-state index contributed by atoms with van der Waals surface area (Å²) in [6.45, 7) is 37.5. The van der Waals surface area contributed by atoms with Gasteiger partial charge in [0, 0.05) is 75.9 Å². The minimum absolute atomic E-state index is 0. The molecule has 8 fully saturated rings. The van der Waals surface area contributed by atoms with Crippen molar-refractivity contribution in [2.45, 2.75) is 353 Å². The van der Waals surface area contributed by atoms with Crippen LogP contribution in [0.3, 0.4) is 0 Å². The summed E-state index contributed by atoms with van der Waals surface area (Å²) >= 11 is 0. The van der Waals surface area contributed by atoms with E-state index in [1.807, 2.05) is 176 Å². The van der Waals surface area contributed by atoms with E-state index < -0.39 is 0 Å². The van der Waals surface area contributed by atoms with E-state index in [4.69, 9.17) is 14.6 Å². The zero-order valence-electron chi connectivity index (χ0n) is 60.6. The van der Waals surface area contributed by atoms with Crippen LogP contribution in [0.2, 0.25) is 0 Å². The highest BCUT2D eigenvalue weighted by atomic mass is 16.6. The Morgan fingerprint density at radius 3 is 1.07 bits per heavy atom. The van der Waals surface area contributed by atoms with Gasteiger partial charge in [-0.2, -0.15) is 0 Å². The van der Waals surface area contributed by atoms with Gasteiger partial charge in [-0.1, -0.05) is 262 Å². The second-order valence-electron chi connectivity index (χ2n) is 22.0. The van der Waals surface area contributed by atoms with E-state index in [0.717, 1.165) is 66.8 Å². The summed E-state index contributed by atoms with van der Waals surface area (Å²) in [5.41, 5.74) is 2.05. The maximum absolute atomic E-state index is 12.7. The molecule has 14 heteroatoms. The molecule has 2 aromatic rings. The molecule has 8 aliphatic rings. The van der Waals surface area contributed by atoms with E-state index in [1.165, 1.54) is 141 Å². The average molecular weight is 1230 g/mol. The Hall–Kier alpha value is -2.92. The number of rotatable bonds is 8. The van der Waals surface area contributed by atoms with Crippen LogP contribution in [0.4, 0.5) is 9.59 Å². The van der Waals surface area contributed by atoms with Crippen LogP contribution in [0.15, 0.2) is 60.7 Å². The van der Waals surface area contributed by atoms with Crippen LogP contribution in [0.1, 0.15) is 303 Å². The molecule has 4 heterocycles. The molecule has 4 aliphatic carbocycles. The van der Waals surface area contributed by atoms with Crippen LogP contribution in [0.5, 0.6) is 0 Å². The highest BCUT2D eigenvalue weighted by molar-refractivity contribution is 5.76. The van der Waals surface area contributed by atoms with E-state index in [-0.39, 0.29) is 64.5 Å². The van der Waals surface area contributed by atoms with E-state index in [1.54, 1.807) is 0 Å². The second kappa shape index (κ2) is 64.2. The number of aliphatic hydroxyl groups is 2. The first-order valence-electron chi connectivity index (χ1n) is 36.1. The van der Waals surface area contributed by atoms with Gasteiger partial charge >= 0.3 is 12.2 Å². The first-order valence-corrected chi connectivity index (χ1v) is 36.1. The molecule has 4 N–H and O–H groups in total. The number of hydrogen-bond donors (Lipinski definition) is 4. The van der Waals surface area contributed by atoms with E-state index in [2.05, 4.69) is 29.4 Å². The largest absolute Gasteiger partial charge is 0.445 e. The van der Waals surface area contributed by atoms with Crippen molar-refractivity contribution < 1.29 is 29.3 Å². The lowest BCUT2D eigenvalue weighted by molar-refractivity contribution is 0.0613.